The van der Waals surface area contributed by atoms with Gasteiger partial charge in [-0.05, 0) is 78.5 Å². The van der Waals surface area contributed by atoms with Crippen LogP contribution in [0.4, 0.5) is 5.69 Å². The molecule has 6 heteroatoms. The predicted octanol–water partition coefficient (Wildman–Crippen LogP) is 7.51. The van der Waals surface area contributed by atoms with Crippen LogP contribution in [0.1, 0.15) is 71.3 Å². The lowest BCUT2D eigenvalue weighted by atomic mass is 9.60. The first kappa shape index (κ1) is 26.8. The highest BCUT2D eigenvalue weighted by molar-refractivity contribution is 7.13. The Kier molecular flexibility index (Phi) is 8.47. The number of aromatic nitrogens is 1. The molecule has 0 radical (unpaired) electrons. The maximum absolute atomic E-state index is 4.61. The van der Waals surface area contributed by atoms with Crippen molar-refractivity contribution >= 4 is 41.8 Å². The molecule has 2 aliphatic carbocycles. The monoisotopic (exact) mass is 509 g/mol. The van der Waals surface area contributed by atoms with Gasteiger partial charge in [-0.3, -0.25) is 4.90 Å². The molecule has 1 aromatic heterocycles. The van der Waals surface area contributed by atoms with Gasteiger partial charge in [0.1, 0.15) is 5.01 Å². The summed E-state index contributed by atoms with van der Waals surface area (Å²) in [4.78, 5) is 9.99. The summed E-state index contributed by atoms with van der Waals surface area (Å²) in [6.45, 7) is 16.0. The molecule has 0 N–H and O–H groups in total. The van der Waals surface area contributed by atoms with Crippen LogP contribution in [0.3, 0.4) is 0 Å². The number of piperazine rings is 1. The summed E-state index contributed by atoms with van der Waals surface area (Å²) in [5.41, 5.74) is 5.14. The normalized spacial score (nSPS) is 23.0. The second kappa shape index (κ2) is 10.4. The number of thiazole rings is 1. The Labute approximate surface area is 217 Å². The number of halogens is 2. The van der Waals surface area contributed by atoms with E-state index in [2.05, 4.69) is 66.1 Å². The Morgan fingerprint density at radius 1 is 0.970 bits per heavy atom. The average Bonchev–Trinajstić information content (AvgIpc) is 3.34. The second-order valence-electron chi connectivity index (χ2n) is 12.0. The van der Waals surface area contributed by atoms with E-state index < -0.39 is 0 Å². The van der Waals surface area contributed by atoms with Crippen molar-refractivity contribution in [3.8, 4) is 10.6 Å². The van der Waals surface area contributed by atoms with E-state index in [4.69, 9.17) is 0 Å². The highest BCUT2D eigenvalue weighted by atomic mass is 35.5. The molecule has 0 bridgehead atoms. The third-order valence-electron chi connectivity index (χ3n) is 7.63. The second-order valence-corrected chi connectivity index (χ2v) is 12.8. The Bertz CT molecular complexity index is 884. The van der Waals surface area contributed by atoms with E-state index >= 15 is 0 Å². The predicted molar refractivity (Wildman–Crippen MR) is 148 cm³/mol. The van der Waals surface area contributed by atoms with Crippen LogP contribution >= 0.6 is 36.2 Å². The number of nitrogens with zero attached hydrogens (tertiary/aromatic N) is 3. The first-order chi connectivity index (χ1) is 14.8. The van der Waals surface area contributed by atoms with E-state index in [0.29, 0.717) is 16.7 Å². The molecule has 1 aromatic carbocycles. The zero-order valence-electron chi connectivity index (χ0n) is 20.7. The summed E-state index contributed by atoms with van der Waals surface area (Å²) < 4.78 is 0. The van der Waals surface area contributed by atoms with Gasteiger partial charge in [0.2, 0.25) is 0 Å². The maximum Gasteiger partial charge on any atom is 0.123 e. The number of benzene rings is 1. The van der Waals surface area contributed by atoms with Crippen molar-refractivity contribution in [2.45, 2.75) is 65.7 Å². The standard InChI is InChI=1S/C27H39N3S.2ClH/c1-26(2)16-22(17-27(3,4)19-26)23-15-21(25-28-9-14-31-25)7-8-24(23)30-12-10-29(11-13-30)18-20-5-6-20;;/h7-9,14-15,20,22H,5-6,10-13,16-19H2,1-4H3;2*1H. The third-order valence-corrected chi connectivity index (χ3v) is 8.45. The van der Waals surface area contributed by atoms with Gasteiger partial charge in [-0.2, -0.15) is 0 Å². The van der Waals surface area contributed by atoms with Gasteiger partial charge in [-0.1, -0.05) is 27.7 Å². The van der Waals surface area contributed by atoms with Crippen LogP contribution in [-0.2, 0) is 0 Å². The van der Waals surface area contributed by atoms with E-state index in [1.807, 2.05) is 6.20 Å². The van der Waals surface area contributed by atoms with Crippen molar-refractivity contribution in [1.29, 1.82) is 0 Å². The number of hydrogen-bond acceptors (Lipinski definition) is 4. The highest BCUT2D eigenvalue weighted by Gasteiger charge is 2.40. The lowest BCUT2D eigenvalue weighted by Crippen LogP contribution is -2.47. The molecular formula is C27H41Cl2N3S. The van der Waals surface area contributed by atoms with Crippen LogP contribution in [0.15, 0.2) is 29.8 Å². The molecule has 3 nitrogen and oxygen atoms in total. The zero-order valence-corrected chi connectivity index (χ0v) is 23.1. The van der Waals surface area contributed by atoms with Gasteiger partial charge >= 0.3 is 0 Å². The Morgan fingerprint density at radius 3 is 2.21 bits per heavy atom. The van der Waals surface area contributed by atoms with Crippen LogP contribution in [-0.4, -0.2) is 42.6 Å². The fraction of sp³-hybridized carbons (Fsp3) is 0.667. The minimum atomic E-state index is 0. The van der Waals surface area contributed by atoms with E-state index in [1.165, 1.54) is 63.0 Å². The van der Waals surface area contributed by atoms with Crippen LogP contribution in [0.2, 0.25) is 0 Å². The molecule has 0 unspecified atom stereocenters. The molecule has 0 atom stereocenters. The maximum atomic E-state index is 4.61. The lowest BCUT2D eigenvalue weighted by molar-refractivity contribution is 0.0970. The lowest BCUT2D eigenvalue weighted by Gasteiger charge is -2.46. The Hall–Kier alpha value is -0.810. The van der Waals surface area contributed by atoms with Gasteiger partial charge in [-0.25, -0.2) is 4.98 Å². The minimum absolute atomic E-state index is 0. The fourth-order valence-electron chi connectivity index (χ4n) is 6.57. The van der Waals surface area contributed by atoms with E-state index in [1.54, 1.807) is 16.9 Å². The van der Waals surface area contributed by atoms with Crippen molar-refractivity contribution < 1.29 is 0 Å². The van der Waals surface area contributed by atoms with Crippen molar-refractivity contribution in [1.82, 2.24) is 9.88 Å². The summed E-state index contributed by atoms with van der Waals surface area (Å²) in [6, 6.07) is 7.22. The van der Waals surface area contributed by atoms with Crippen molar-refractivity contribution in [3.05, 3.63) is 35.3 Å². The fourth-order valence-corrected chi connectivity index (χ4v) is 7.21. The van der Waals surface area contributed by atoms with Crippen LogP contribution in [0.25, 0.3) is 10.6 Å². The summed E-state index contributed by atoms with van der Waals surface area (Å²) >= 11 is 1.75. The topological polar surface area (TPSA) is 19.4 Å². The molecule has 1 aliphatic heterocycles. The molecule has 2 saturated carbocycles. The van der Waals surface area contributed by atoms with E-state index in [9.17, 15) is 0 Å². The molecule has 0 spiro atoms. The first-order valence-electron chi connectivity index (χ1n) is 12.3. The average molecular weight is 511 g/mol. The summed E-state index contributed by atoms with van der Waals surface area (Å²) in [7, 11) is 0. The summed E-state index contributed by atoms with van der Waals surface area (Å²) in [5.74, 6) is 1.62. The quantitative estimate of drug-likeness (QED) is 0.415. The number of anilines is 1. The number of rotatable bonds is 5. The SMILES string of the molecule is CC1(C)CC(c2cc(-c3nccs3)ccc2N2CCN(CC3CC3)CC2)CC(C)(C)C1.Cl.Cl. The zero-order chi connectivity index (χ0) is 21.6. The largest absolute Gasteiger partial charge is 0.369 e. The molecule has 184 valence electrons. The van der Waals surface area contributed by atoms with E-state index in [0.717, 1.165) is 24.0 Å². The van der Waals surface area contributed by atoms with Gasteiger partial charge in [0.05, 0.1) is 0 Å². The summed E-state index contributed by atoms with van der Waals surface area (Å²) in [5, 5.41) is 3.24. The van der Waals surface area contributed by atoms with Gasteiger partial charge in [0, 0.05) is 55.6 Å². The molecule has 3 aliphatic rings. The molecule has 3 fully saturated rings. The minimum Gasteiger partial charge on any atom is -0.369 e. The highest BCUT2D eigenvalue weighted by Crippen LogP contribution is 2.53. The molecule has 0 amide bonds. The van der Waals surface area contributed by atoms with Gasteiger partial charge in [-0.15, -0.1) is 36.2 Å². The smallest absolute Gasteiger partial charge is 0.123 e. The number of hydrogen-bond donors (Lipinski definition) is 0. The van der Waals surface area contributed by atoms with Crippen molar-refractivity contribution in [2.75, 3.05) is 37.6 Å². The molecule has 5 rings (SSSR count). The Balaban J connectivity index is 0.00000153. The van der Waals surface area contributed by atoms with Gasteiger partial charge in [0.15, 0.2) is 0 Å². The summed E-state index contributed by atoms with van der Waals surface area (Å²) in [6.07, 6.45) is 8.72. The first-order valence-corrected chi connectivity index (χ1v) is 13.2. The molecular weight excluding hydrogens is 469 g/mol. The Morgan fingerprint density at radius 2 is 1.64 bits per heavy atom. The molecule has 2 heterocycles. The van der Waals surface area contributed by atoms with Crippen molar-refractivity contribution in [3.63, 3.8) is 0 Å². The van der Waals surface area contributed by atoms with Crippen LogP contribution in [0, 0.1) is 16.7 Å². The van der Waals surface area contributed by atoms with Gasteiger partial charge in [0.25, 0.3) is 0 Å². The van der Waals surface area contributed by atoms with Gasteiger partial charge < -0.3 is 4.90 Å². The van der Waals surface area contributed by atoms with E-state index in [-0.39, 0.29) is 24.8 Å². The van der Waals surface area contributed by atoms with Crippen LogP contribution in [0.5, 0.6) is 0 Å². The third kappa shape index (κ3) is 6.45. The van der Waals surface area contributed by atoms with Crippen LogP contribution < -0.4 is 4.90 Å². The molecule has 33 heavy (non-hydrogen) atoms. The molecule has 2 aromatic rings. The molecule has 1 saturated heterocycles. The van der Waals surface area contributed by atoms with Crippen molar-refractivity contribution in [2.24, 2.45) is 16.7 Å².